The van der Waals surface area contributed by atoms with E-state index >= 15 is 0 Å². The molecule has 34 heavy (non-hydrogen) atoms. The number of carbonyl (C=O) groups is 1. The van der Waals surface area contributed by atoms with Crippen LogP contribution in [0.25, 0.3) is 11.0 Å². The van der Waals surface area contributed by atoms with E-state index in [4.69, 9.17) is 9.72 Å². The third kappa shape index (κ3) is 4.40. The average Bonchev–Trinajstić information content (AvgIpc) is 3.40. The molecule has 1 saturated heterocycles. The van der Waals surface area contributed by atoms with Gasteiger partial charge in [-0.2, -0.15) is 0 Å². The molecule has 1 fully saturated rings. The van der Waals surface area contributed by atoms with Gasteiger partial charge in [-0.05, 0) is 79.9 Å². The average molecular weight is 458 g/mol. The van der Waals surface area contributed by atoms with Crippen LogP contribution in [0.15, 0.2) is 66.7 Å². The summed E-state index contributed by atoms with van der Waals surface area (Å²) in [5, 5.41) is 0. The van der Waals surface area contributed by atoms with Crippen molar-refractivity contribution < 1.29 is 13.9 Å². The number of benzene rings is 3. The van der Waals surface area contributed by atoms with Crippen molar-refractivity contribution in [2.75, 3.05) is 18.1 Å². The molecule has 5 nitrogen and oxygen atoms in total. The molecule has 0 bridgehead atoms. The van der Waals surface area contributed by atoms with E-state index in [9.17, 15) is 9.18 Å². The topological polar surface area (TPSA) is 47.4 Å². The molecule has 0 radical (unpaired) electrons. The maximum absolute atomic E-state index is 13.3. The summed E-state index contributed by atoms with van der Waals surface area (Å²) in [5.41, 5.74) is 5.19. The third-order valence-electron chi connectivity index (χ3n) is 6.59. The van der Waals surface area contributed by atoms with E-state index in [0.717, 1.165) is 41.3 Å². The molecule has 1 aliphatic rings. The number of hydrogen-bond donors (Lipinski definition) is 0. The predicted octanol–water partition coefficient (Wildman–Crippen LogP) is 5.78. The fourth-order valence-electron chi connectivity index (χ4n) is 4.61. The number of para-hydroxylation sites is 2. The number of imidazole rings is 1. The fourth-order valence-corrected chi connectivity index (χ4v) is 4.61. The summed E-state index contributed by atoms with van der Waals surface area (Å²) in [7, 11) is 0. The first kappa shape index (κ1) is 22.1. The van der Waals surface area contributed by atoms with Crippen LogP contribution in [-0.4, -0.2) is 28.6 Å². The van der Waals surface area contributed by atoms with Crippen molar-refractivity contribution >= 4 is 22.6 Å². The molecule has 5 rings (SSSR count). The highest BCUT2D eigenvalue weighted by molar-refractivity contribution is 5.96. The Morgan fingerprint density at radius 2 is 1.82 bits per heavy atom. The molecule has 1 aliphatic heterocycles. The zero-order chi connectivity index (χ0) is 23.7. The first-order valence-corrected chi connectivity index (χ1v) is 11.7. The largest absolute Gasteiger partial charge is 0.494 e. The number of ether oxygens (including phenoxy) is 1. The second kappa shape index (κ2) is 9.29. The van der Waals surface area contributed by atoms with Crippen LogP contribution in [0.4, 0.5) is 10.1 Å². The van der Waals surface area contributed by atoms with Gasteiger partial charge in [0.2, 0.25) is 5.91 Å². The number of halogens is 1. The molecule has 4 aromatic rings. The number of aryl methyl sites for hydroxylation is 3. The van der Waals surface area contributed by atoms with Crippen molar-refractivity contribution in [1.29, 1.82) is 0 Å². The Balaban J connectivity index is 1.33. The molecule has 1 aromatic heterocycles. The molecule has 0 saturated carbocycles. The highest BCUT2D eigenvalue weighted by atomic mass is 19.1. The molecule has 0 N–H and O–H groups in total. The molecule has 174 valence electrons. The van der Waals surface area contributed by atoms with Gasteiger partial charge in [0.25, 0.3) is 0 Å². The van der Waals surface area contributed by atoms with Crippen molar-refractivity contribution in [2.24, 2.45) is 0 Å². The number of amides is 1. The monoisotopic (exact) mass is 457 g/mol. The molecule has 2 heterocycles. The standard InChI is InChI=1S/C28H28FN3O2/c1-19-8-13-24(16-20(19)2)34-15-5-14-31-26-7-4-3-6-25(26)30-28(31)21-17-27(33)32(18-21)23-11-9-22(29)10-12-23/h3-4,6-13,16,21H,5,14-15,17-18H2,1-2H3. The van der Waals surface area contributed by atoms with Crippen molar-refractivity contribution in [3.8, 4) is 5.75 Å². The van der Waals surface area contributed by atoms with Gasteiger partial charge >= 0.3 is 0 Å². The van der Waals surface area contributed by atoms with Gasteiger partial charge in [0.1, 0.15) is 17.4 Å². The summed E-state index contributed by atoms with van der Waals surface area (Å²) in [5.74, 6) is 1.51. The highest BCUT2D eigenvalue weighted by Crippen LogP contribution is 2.33. The number of fused-ring (bicyclic) bond motifs is 1. The van der Waals surface area contributed by atoms with Gasteiger partial charge in [0, 0.05) is 31.1 Å². The Morgan fingerprint density at radius 1 is 1.03 bits per heavy atom. The second-order valence-electron chi connectivity index (χ2n) is 8.94. The smallest absolute Gasteiger partial charge is 0.227 e. The summed E-state index contributed by atoms with van der Waals surface area (Å²) in [6, 6.07) is 20.3. The molecular weight excluding hydrogens is 429 g/mol. The van der Waals surface area contributed by atoms with Crippen LogP contribution in [0.1, 0.15) is 35.7 Å². The molecule has 6 heteroatoms. The summed E-state index contributed by atoms with van der Waals surface area (Å²) >= 11 is 0. The Bertz CT molecular complexity index is 1330. The minimum Gasteiger partial charge on any atom is -0.494 e. The van der Waals surface area contributed by atoms with Crippen molar-refractivity contribution in [3.63, 3.8) is 0 Å². The SMILES string of the molecule is Cc1ccc(OCCCn2c(C3CC(=O)N(c4ccc(F)cc4)C3)nc3ccccc32)cc1C. The molecule has 1 amide bonds. The van der Waals surface area contributed by atoms with Crippen LogP contribution in [0.3, 0.4) is 0 Å². The molecule has 0 aliphatic carbocycles. The van der Waals surface area contributed by atoms with Gasteiger partial charge in [-0.3, -0.25) is 4.79 Å². The Labute approximate surface area is 198 Å². The lowest BCUT2D eigenvalue weighted by Crippen LogP contribution is -2.24. The molecule has 1 atom stereocenters. The van der Waals surface area contributed by atoms with Crippen molar-refractivity contribution in [1.82, 2.24) is 9.55 Å². The summed E-state index contributed by atoms with van der Waals surface area (Å²) < 4.78 is 21.6. The predicted molar refractivity (Wildman–Crippen MR) is 132 cm³/mol. The lowest BCUT2D eigenvalue weighted by Gasteiger charge is -2.17. The van der Waals surface area contributed by atoms with Gasteiger partial charge in [-0.1, -0.05) is 18.2 Å². The van der Waals surface area contributed by atoms with E-state index in [-0.39, 0.29) is 17.6 Å². The summed E-state index contributed by atoms with van der Waals surface area (Å²) in [4.78, 5) is 19.5. The van der Waals surface area contributed by atoms with Crippen LogP contribution < -0.4 is 9.64 Å². The lowest BCUT2D eigenvalue weighted by molar-refractivity contribution is -0.117. The maximum atomic E-state index is 13.3. The van der Waals surface area contributed by atoms with E-state index < -0.39 is 0 Å². The van der Waals surface area contributed by atoms with Crippen LogP contribution in [0, 0.1) is 19.7 Å². The van der Waals surface area contributed by atoms with Crippen LogP contribution in [0.2, 0.25) is 0 Å². The highest BCUT2D eigenvalue weighted by Gasteiger charge is 2.34. The van der Waals surface area contributed by atoms with Gasteiger partial charge in [0.05, 0.1) is 17.6 Å². The Morgan fingerprint density at radius 3 is 2.62 bits per heavy atom. The minimum absolute atomic E-state index is 0.0226. The number of aromatic nitrogens is 2. The normalized spacial score (nSPS) is 15.9. The molecule has 1 unspecified atom stereocenters. The van der Waals surface area contributed by atoms with Gasteiger partial charge < -0.3 is 14.2 Å². The van der Waals surface area contributed by atoms with Gasteiger partial charge in [0.15, 0.2) is 0 Å². The Kier molecular flexibility index (Phi) is 6.05. The van der Waals surface area contributed by atoms with Gasteiger partial charge in [-0.15, -0.1) is 0 Å². The molecule has 3 aromatic carbocycles. The van der Waals surface area contributed by atoms with Crippen molar-refractivity contribution in [3.05, 3.63) is 89.5 Å². The number of nitrogens with zero attached hydrogens (tertiary/aromatic N) is 3. The number of rotatable bonds is 7. The minimum atomic E-state index is -0.309. The first-order valence-electron chi connectivity index (χ1n) is 11.7. The van der Waals surface area contributed by atoms with Gasteiger partial charge in [-0.25, -0.2) is 9.37 Å². The number of anilines is 1. The van der Waals surface area contributed by atoms with E-state index in [1.807, 2.05) is 24.3 Å². The van der Waals surface area contributed by atoms with E-state index in [2.05, 4.69) is 36.6 Å². The van der Waals surface area contributed by atoms with Crippen LogP contribution in [0.5, 0.6) is 5.75 Å². The second-order valence-corrected chi connectivity index (χ2v) is 8.94. The third-order valence-corrected chi connectivity index (χ3v) is 6.59. The Hall–Kier alpha value is -3.67. The van der Waals surface area contributed by atoms with Crippen LogP contribution in [-0.2, 0) is 11.3 Å². The van der Waals surface area contributed by atoms with Crippen molar-refractivity contribution in [2.45, 2.75) is 39.2 Å². The molecule has 0 spiro atoms. The van der Waals surface area contributed by atoms with E-state index in [0.29, 0.717) is 19.6 Å². The summed E-state index contributed by atoms with van der Waals surface area (Å²) in [6.45, 7) is 6.06. The zero-order valence-corrected chi connectivity index (χ0v) is 19.5. The lowest BCUT2D eigenvalue weighted by atomic mass is 10.1. The van der Waals surface area contributed by atoms with Crippen LogP contribution >= 0.6 is 0 Å². The number of hydrogen-bond acceptors (Lipinski definition) is 3. The van der Waals surface area contributed by atoms with E-state index in [1.54, 1.807) is 17.0 Å². The number of carbonyl (C=O) groups excluding carboxylic acids is 1. The van der Waals surface area contributed by atoms with E-state index in [1.165, 1.54) is 23.3 Å². The quantitative estimate of drug-likeness (QED) is 0.331. The fraction of sp³-hybridized carbons (Fsp3) is 0.286. The first-order chi connectivity index (χ1) is 16.5. The summed E-state index contributed by atoms with van der Waals surface area (Å²) in [6.07, 6.45) is 1.21. The zero-order valence-electron chi connectivity index (χ0n) is 19.5. The molecular formula is C28H28FN3O2. The maximum Gasteiger partial charge on any atom is 0.227 e.